The van der Waals surface area contributed by atoms with Crippen molar-refractivity contribution in [2.75, 3.05) is 33.4 Å². The Labute approximate surface area is 228 Å². The van der Waals surface area contributed by atoms with Crippen LogP contribution in [0.25, 0.3) is 11.3 Å². The summed E-state index contributed by atoms with van der Waals surface area (Å²) in [5.41, 5.74) is 3.81. The third-order valence-corrected chi connectivity index (χ3v) is 9.74. The number of carbonyl (C=O) groups is 1. The number of aromatic nitrogens is 2. The highest BCUT2D eigenvalue weighted by Gasteiger charge is 2.36. The van der Waals surface area contributed by atoms with Crippen molar-refractivity contribution in [2.24, 2.45) is 0 Å². The molecule has 0 bridgehead atoms. The molecule has 0 spiro atoms. The molecule has 11 heteroatoms. The third-order valence-electron chi connectivity index (χ3n) is 7.48. The minimum Gasteiger partial charge on any atom is -0.497 e. The van der Waals surface area contributed by atoms with E-state index in [-0.39, 0.29) is 25.2 Å². The molecule has 3 aromatic rings. The van der Waals surface area contributed by atoms with E-state index >= 15 is 0 Å². The molecule has 1 amide bonds. The first kappa shape index (κ1) is 27.3. The minimum absolute atomic E-state index is 0.115. The highest BCUT2D eigenvalue weighted by molar-refractivity contribution is 7.89. The van der Waals surface area contributed by atoms with E-state index in [1.165, 1.54) is 0 Å². The molecule has 0 N–H and O–H groups in total. The standard InChI is InChI=1S/C28H34N4O6S/c1-19-14-23(36-3)15-20(2)28(19)39(34,35)32-12-5-4-6-22(32)17-37-18-26(33)31-13-9-25-24(16-31)27(30-38-25)21-7-10-29-11-8-21/h7-8,10-11,14-15,22H,4-6,9,12-13,16-18H2,1-3H3. The van der Waals surface area contributed by atoms with Crippen LogP contribution < -0.4 is 4.74 Å². The van der Waals surface area contributed by atoms with Crippen molar-refractivity contribution < 1.29 is 27.2 Å². The second-order valence-electron chi connectivity index (χ2n) is 10.1. The van der Waals surface area contributed by atoms with Crippen LogP contribution in [0.2, 0.25) is 0 Å². The minimum atomic E-state index is -3.75. The highest BCUT2D eigenvalue weighted by Crippen LogP contribution is 2.32. The monoisotopic (exact) mass is 554 g/mol. The Balaban J connectivity index is 1.23. The molecular formula is C28H34N4O6S. The average molecular weight is 555 g/mol. The fourth-order valence-corrected chi connectivity index (χ4v) is 7.64. The summed E-state index contributed by atoms with van der Waals surface area (Å²) >= 11 is 0. The molecule has 5 rings (SSSR count). The van der Waals surface area contributed by atoms with E-state index in [2.05, 4.69) is 10.1 Å². The second kappa shape index (κ2) is 11.4. The Kier molecular flexibility index (Phi) is 8.01. The van der Waals surface area contributed by atoms with E-state index in [0.717, 1.165) is 35.4 Å². The number of aryl methyl sites for hydroxylation is 2. The van der Waals surface area contributed by atoms with Gasteiger partial charge in [-0.3, -0.25) is 9.78 Å². The van der Waals surface area contributed by atoms with E-state index in [0.29, 0.717) is 54.2 Å². The number of amides is 1. The van der Waals surface area contributed by atoms with Crippen LogP contribution in [0.5, 0.6) is 5.75 Å². The number of fused-ring (bicyclic) bond motifs is 1. The molecule has 0 saturated carbocycles. The van der Waals surface area contributed by atoms with E-state index in [1.807, 2.05) is 12.1 Å². The maximum atomic E-state index is 13.8. The summed E-state index contributed by atoms with van der Waals surface area (Å²) in [6.07, 6.45) is 6.36. The second-order valence-corrected chi connectivity index (χ2v) is 11.9. The molecule has 2 aliphatic heterocycles. The lowest BCUT2D eigenvalue weighted by molar-refractivity contribution is -0.137. The zero-order valence-corrected chi connectivity index (χ0v) is 23.4. The van der Waals surface area contributed by atoms with Gasteiger partial charge in [-0.15, -0.1) is 0 Å². The Morgan fingerprint density at radius 3 is 2.59 bits per heavy atom. The van der Waals surface area contributed by atoms with Crippen LogP contribution in [0.15, 0.2) is 46.1 Å². The number of piperidine rings is 1. The van der Waals surface area contributed by atoms with Gasteiger partial charge >= 0.3 is 0 Å². The number of sulfonamides is 1. The number of hydrogen-bond acceptors (Lipinski definition) is 8. The van der Waals surface area contributed by atoms with Crippen molar-refractivity contribution in [3.8, 4) is 17.0 Å². The van der Waals surface area contributed by atoms with Crippen molar-refractivity contribution >= 4 is 15.9 Å². The summed E-state index contributed by atoms with van der Waals surface area (Å²) in [5.74, 6) is 1.28. The van der Waals surface area contributed by atoms with Gasteiger partial charge in [0.15, 0.2) is 0 Å². The molecular weight excluding hydrogens is 520 g/mol. The van der Waals surface area contributed by atoms with E-state index in [1.54, 1.807) is 54.7 Å². The quantitative estimate of drug-likeness (QED) is 0.416. The average Bonchev–Trinajstić information content (AvgIpc) is 3.36. The number of rotatable bonds is 8. The molecule has 1 saturated heterocycles. The van der Waals surface area contributed by atoms with E-state index < -0.39 is 10.0 Å². The van der Waals surface area contributed by atoms with Gasteiger partial charge in [-0.05, 0) is 62.1 Å². The largest absolute Gasteiger partial charge is 0.497 e. The van der Waals surface area contributed by atoms with Crippen LogP contribution in [0, 0.1) is 13.8 Å². The lowest BCUT2D eigenvalue weighted by atomic mass is 10.0. The predicted octanol–water partition coefficient (Wildman–Crippen LogP) is 3.51. The molecule has 208 valence electrons. The van der Waals surface area contributed by atoms with Crippen molar-refractivity contribution in [1.82, 2.24) is 19.3 Å². The fourth-order valence-electron chi connectivity index (χ4n) is 5.54. The first-order valence-corrected chi connectivity index (χ1v) is 14.6. The summed E-state index contributed by atoms with van der Waals surface area (Å²) in [5, 5.41) is 4.22. The summed E-state index contributed by atoms with van der Waals surface area (Å²) in [4.78, 5) is 19.2. The molecule has 1 fully saturated rings. The first-order valence-electron chi connectivity index (χ1n) is 13.2. The topological polar surface area (TPSA) is 115 Å². The maximum absolute atomic E-state index is 13.8. The fraction of sp³-hybridized carbons (Fsp3) is 0.464. The molecule has 4 heterocycles. The number of pyridine rings is 1. The van der Waals surface area contributed by atoms with E-state index in [4.69, 9.17) is 14.0 Å². The third kappa shape index (κ3) is 5.57. The molecule has 0 radical (unpaired) electrons. The molecule has 1 unspecified atom stereocenters. The number of carbonyl (C=O) groups excluding carboxylic acids is 1. The molecule has 1 aromatic carbocycles. The van der Waals surface area contributed by atoms with Crippen LogP contribution in [0.4, 0.5) is 0 Å². The van der Waals surface area contributed by atoms with Gasteiger partial charge in [0.2, 0.25) is 15.9 Å². The summed E-state index contributed by atoms with van der Waals surface area (Å²) in [7, 11) is -2.18. The summed E-state index contributed by atoms with van der Waals surface area (Å²) in [6.45, 7) is 4.95. The van der Waals surface area contributed by atoms with E-state index in [9.17, 15) is 13.2 Å². The van der Waals surface area contributed by atoms with Crippen molar-refractivity contribution in [1.29, 1.82) is 0 Å². The van der Waals surface area contributed by atoms with Crippen LogP contribution >= 0.6 is 0 Å². The normalized spacial score (nSPS) is 18.1. The van der Waals surface area contributed by atoms with Crippen molar-refractivity contribution in [2.45, 2.75) is 57.0 Å². The summed E-state index contributed by atoms with van der Waals surface area (Å²) < 4.78 is 45.8. The predicted molar refractivity (Wildman–Crippen MR) is 144 cm³/mol. The number of nitrogens with zero attached hydrogens (tertiary/aromatic N) is 4. The maximum Gasteiger partial charge on any atom is 0.248 e. The van der Waals surface area contributed by atoms with Crippen molar-refractivity contribution in [3.05, 3.63) is 59.1 Å². The molecule has 2 aromatic heterocycles. The Hall–Kier alpha value is -3.28. The SMILES string of the molecule is COc1cc(C)c(S(=O)(=O)N2CCCCC2COCC(=O)N2CCc3onc(-c4ccncc4)c3C2)c(C)c1. The number of hydrogen-bond donors (Lipinski definition) is 0. The van der Waals surface area contributed by atoms with Gasteiger partial charge in [-0.2, -0.15) is 4.31 Å². The lowest BCUT2D eigenvalue weighted by Crippen LogP contribution is -2.47. The number of benzene rings is 1. The molecule has 10 nitrogen and oxygen atoms in total. The smallest absolute Gasteiger partial charge is 0.248 e. The van der Waals surface area contributed by atoms with Gasteiger partial charge in [0.1, 0.15) is 23.8 Å². The van der Waals surface area contributed by atoms with Crippen LogP contribution in [-0.4, -0.2) is 73.1 Å². The Morgan fingerprint density at radius 1 is 1.13 bits per heavy atom. The van der Waals surface area contributed by atoms with Gasteiger partial charge in [-0.1, -0.05) is 11.6 Å². The number of ether oxygens (including phenoxy) is 2. The zero-order chi connectivity index (χ0) is 27.6. The van der Waals surface area contributed by atoms with Crippen molar-refractivity contribution in [3.63, 3.8) is 0 Å². The van der Waals surface area contributed by atoms with Gasteiger partial charge < -0.3 is 18.9 Å². The van der Waals surface area contributed by atoms with Crippen LogP contribution in [-0.2, 0) is 32.5 Å². The Morgan fingerprint density at radius 2 is 1.87 bits per heavy atom. The Bertz CT molecular complexity index is 1420. The molecule has 1 atom stereocenters. The molecule has 2 aliphatic rings. The molecule has 0 aliphatic carbocycles. The number of methoxy groups -OCH3 is 1. The highest BCUT2D eigenvalue weighted by atomic mass is 32.2. The zero-order valence-electron chi connectivity index (χ0n) is 22.6. The first-order chi connectivity index (χ1) is 18.8. The van der Waals surface area contributed by atoms with Crippen LogP contribution in [0.1, 0.15) is 41.7 Å². The molecule has 39 heavy (non-hydrogen) atoms. The van der Waals surface area contributed by atoms with Gasteiger partial charge in [0, 0.05) is 49.1 Å². The lowest BCUT2D eigenvalue weighted by Gasteiger charge is -2.35. The van der Waals surface area contributed by atoms with Crippen LogP contribution in [0.3, 0.4) is 0 Å². The van der Waals surface area contributed by atoms with Gasteiger partial charge in [0.05, 0.1) is 25.2 Å². The van der Waals surface area contributed by atoms with Gasteiger partial charge in [-0.25, -0.2) is 8.42 Å². The summed E-state index contributed by atoms with van der Waals surface area (Å²) in [6, 6.07) is 6.88. The van der Waals surface area contributed by atoms with Gasteiger partial charge in [0.25, 0.3) is 0 Å².